The molecule has 2 N–H and O–H groups in total. The van der Waals surface area contributed by atoms with Gasteiger partial charge in [-0.1, -0.05) is 0 Å². The van der Waals surface area contributed by atoms with Gasteiger partial charge < -0.3 is 29.4 Å². The molecule has 2 aliphatic rings. The van der Waals surface area contributed by atoms with Crippen molar-refractivity contribution in [2.24, 2.45) is 5.92 Å². The lowest BCUT2D eigenvalue weighted by Gasteiger charge is -2.25. The number of carbonyl (C=O) groups is 2. The van der Waals surface area contributed by atoms with E-state index in [1.54, 1.807) is 30.2 Å². The molecule has 2 aromatic rings. The third-order valence-electron chi connectivity index (χ3n) is 6.23. The fourth-order valence-electron chi connectivity index (χ4n) is 4.56. The molecule has 1 saturated heterocycles. The van der Waals surface area contributed by atoms with Crippen molar-refractivity contribution < 1.29 is 41.6 Å². The van der Waals surface area contributed by atoms with Gasteiger partial charge in [0.05, 0.1) is 30.7 Å². The number of aromatic nitrogens is 1. The van der Waals surface area contributed by atoms with Crippen LogP contribution in [0.1, 0.15) is 50.0 Å². The van der Waals surface area contributed by atoms with Gasteiger partial charge >= 0.3 is 19.9 Å². The Kier molecular flexibility index (Phi) is 8.83. The van der Waals surface area contributed by atoms with Crippen LogP contribution in [-0.2, 0) is 4.74 Å². The summed E-state index contributed by atoms with van der Waals surface area (Å²) in [5.74, 6) is -2.75. The van der Waals surface area contributed by atoms with Crippen LogP contribution in [0.15, 0.2) is 17.1 Å². The van der Waals surface area contributed by atoms with Crippen LogP contribution in [0.3, 0.4) is 0 Å². The maximum Gasteiger partial charge on any atom is 0.577 e. The van der Waals surface area contributed by atoms with Crippen molar-refractivity contribution in [1.29, 1.82) is 0 Å². The van der Waals surface area contributed by atoms with E-state index in [2.05, 4.69) is 5.32 Å². The lowest BCUT2D eigenvalue weighted by atomic mass is 10.1. The number of alkyl carbamates (subject to hydrolysis) is 1. The standard InChI is InChI=1S/C24H29F2N3O6.BF2/c1-24(2,3)35-23(33)27-17-11-28(9-12(17)8-25)19-16(26)7-14-18(21(19)34-4)29(13-5-6-13)10-15(20(14)30)22(31)32;2-1-3/h7,10,12-13,17H,5-6,8-9,11H2,1-4H3,(H,27,33)(H,31,32);. The monoisotopic (exact) mass is 542 g/mol. The number of aromatic carboxylic acids is 1. The molecule has 1 aliphatic heterocycles. The van der Waals surface area contributed by atoms with Crippen LogP contribution >= 0.6 is 0 Å². The number of halogens is 4. The fourth-order valence-corrected chi connectivity index (χ4v) is 4.56. The number of nitrogens with one attached hydrogen (secondary N) is 1. The highest BCUT2D eigenvalue weighted by Gasteiger charge is 2.38. The number of hydrogen-bond acceptors (Lipinski definition) is 6. The van der Waals surface area contributed by atoms with Gasteiger partial charge in [-0.3, -0.25) is 17.8 Å². The molecule has 2 fully saturated rings. The smallest absolute Gasteiger partial charge is 0.492 e. The van der Waals surface area contributed by atoms with Gasteiger partial charge in [-0.2, -0.15) is 0 Å². The van der Waals surface area contributed by atoms with E-state index in [0.29, 0.717) is 5.52 Å². The second-order valence-corrected chi connectivity index (χ2v) is 10.1. The first-order valence-corrected chi connectivity index (χ1v) is 11.9. The number of carbonyl (C=O) groups excluding carboxylic acids is 1. The van der Waals surface area contributed by atoms with Crippen LogP contribution < -0.4 is 20.4 Å². The fraction of sp³-hybridized carbons (Fsp3) is 0.542. The number of pyridine rings is 1. The third kappa shape index (κ3) is 6.16. The Morgan fingerprint density at radius 1 is 1.24 bits per heavy atom. The molecular formula is C24H29BF4N3O6. The molecule has 207 valence electrons. The number of amides is 1. The van der Waals surface area contributed by atoms with Gasteiger partial charge in [-0.25, -0.2) is 14.0 Å². The van der Waals surface area contributed by atoms with Crippen molar-refractivity contribution in [3.63, 3.8) is 0 Å². The van der Waals surface area contributed by atoms with Crippen LogP contribution in [0.4, 0.5) is 27.9 Å². The molecule has 9 nitrogen and oxygen atoms in total. The summed E-state index contributed by atoms with van der Waals surface area (Å²) in [5, 5.41) is 12.1. The molecule has 0 spiro atoms. The molecular weight excluding hydrogens is 513 g/mol. The highest BCUT2D eigenvalue weighted by atomic mass is 19.2. The van der Waals surface area contributed by atoms with Crippen molar-refractivity contribution in [3.8, 4) is 5.75 Å². The first-order valence-electron chi connectivity index (χ1n) is 11.9. The summed E-state index contributed by atoms with van der Waals surface area (Å²) in [6, 6.07) is 0.330. The number of hydrogen-bond donors (Lipinski definition) is 2. The van der Waals surface area contributed by atoms with E-state index in [1.807, 2.05) is 0 Å². The highest BCUT2D eigenvalue weighted by molar-refractivity contribution is 6.15. The zero-order valence-corrected chi connectivity index (χ0v) is 21.4. The van der Waals surface area contributed by atoms with E-state index in [-0.39, 0.29) is 36.0 Å². The molecule has 1 aromatic carbocycles. The van der Waals surface area contributed by atoms with Crippen molar-refractivity contribution in [2.45, 2.75) is 51.3 Å². The summed E-state index contributed by atoms with van der Waals surface area (Å²) in [4.78, 5) is 38.3. The summed E-state index contributed by atoms with van der Waals surface area (Å²) < 4.78 is 60.9. The molecule has 1 amide bonds. The molecule has 38 heavy (non-hydrogen) atoms. The number of nitrogens with zero attached hydrogens (tertiary/aromatic N) is 2. The third-order valence-corrected chi connectivity index (χ3v) is 6.23. The zero-order chi connectivity index (χ0) is 28.4. The SMILES string of the molecule is COc1c(N2CC(CF)C(NC(=O)OC(C)(C)C)C2)c(F)cc2c(=O)c(C(=O)O)cn(C3CC3)c12.F[B]F. The summed E-state index contributed by atoms with van der Waals surface area (Å²) in [7, 11) is 0.337. The Hall–Kier alpha value is -3.45. The predicted octanol–water partition coefficient (Wildman–Crippen LogP) is 3.94. The van der Waals surface area contributed by atoms with Gasteiger partial charge in [0.25, 0.3) is 0 Å². The first kappa shape index (κ1) is 29.1. The van der Waals surface area contributed by atoms with E-state index >= 15 is 4.39 Å². The molecule has 4 rings (SSSR count). The van der Waals surface area contributed by atoms with Crippen LogP contribution in [0.5, 0.6) is 5.75 Å². The molecule has 1 aromatic heterocycles. The maximum atomic E-state index is 15.5. The minimum atomic E-state index is -1.39. The van der Waals surface area contributed by atoms with Crippen LogP contribution in [0, 0.1) is 11.7 Å². The number of carboxylic acids is 1. The summed E-state index contributed by atoms with van der Waals surface area (Å²) in [6.45, 7) is 4.58. The van der Waals surface area contributed by atoms with Gasteiger partial charge in [0.2, 0.25) is 5.43 Å². The zero-order valence-electron chi connectivity index (χ0n) is 21.4. The lowest BCUT2D eigenvalue weighted by Crippen LogP contribution is -2.43. The minimum absolute atomic E-state index is 0.0313. The second kappa shape index (κ2) is 11.5. The predicted molar refractivity (Wildman–Crippen MR) is 133 cm³/mol. The van der Waals surface area contributed by atoms with E-state index in [4.69, 9.17) is 9.47 Å². The Labute approximate surface area is 217 Å². The van der Waals surface area contributed by atoms with Crippen molar-refractivity contribution >= 4 is 36.5 Å². The van der Waals surface area contributed by atoms with Crippen LogP contribution in [-0.4, -0.2) is 68.1 Å². The number of alkyl halides is 1. The Morgan fingerprint density at radius 2 is 1.87 bits per heavy atom. The van der Waals surface area contributed by atoms with Crippen molar-refractivity contribution in [3.05, 3.63) is 33.9 Å². The summed E-state index contributed by atoms with van der Waals surface area (Å²) in [5.41, 5.74) is -1.66. The molecule has 14 heteroatoms. The summed E-state index contributed by atoms with van der Waals surface area (Å²) >= 11 is 0. The van der Waals surface area contributed by atoms with Gasteiger partial charge in [0, 0.05) is 31.2 Å². The number of ether oxygens (including phenoxy) is 2. The molecule has 1 saturated carbocycles. The number of benzene rings is 1. The Bertz CT molecular complexity index is 1260. The normalized spacial score (nSPS) is 19.0. The molecule has 0 bridgehead atoms. The van der Waals surface area contributed by atoms with Gasteiger partial charge in [-0.15, -0.1) is 0 Å². The van der Waals surface area contributed by atoms with Gasteiger partial charge in [0.15, 0.2) is 11.6 Å². The molecule has 2 atom stereocenters. The quantitative estimate of drug-likeness (QED) is 0.421. The number of rotatable bonds is 6. The summed E-state index contributed by atoms with van der Waals surface area (Å²) in [6.07, 6.45) is 2.14. The number of methoxy groups -OCH3 is 1. The van der Waals surface area contributed by atoms with Gasteiger partial charge in [-0.05, 0) is 39.7 Å². The average Bonchev–Trinajstić information content (AvgIpc) is 3.58. The van der Waals surface area contributed by atoms with E-state index in [1.165, 1.54) is 13.3 Å². The Morgan fingerprint density at radius 3 is 2.37 bits per heavy atom. The van der Waals surface area contributed by atoms with Crippen LogP contribution in [0.25, 0.3) is 10.9 Å². The van der Waals surface area contributed by atoms with E-state index in [9.17, 15) is 32.5 Å². The highest BCUT2D eigenvalue weighted by Crippen LogP contribution is 2.44. The van der Waals surface area contributed by atoms with Crippen LogP contribution in [0.2, 0.25) is 0 Å². The molecule has 2 heterocycles. The molecule has 2 unspecified atom stereocenters. The van der Waals surface area contributed by atoms with E-state index in [0.717, 1.165) is 18.9 Å². The first-order chi connectivity index (χ1) is 17.9. The largest absolute Gasteiger partial charge is 0.577 e. The van der Waals surface area contributed by atoms with Crippen molar-refractivity contribution in [2.75, 3.05) is 31.8 Å². The second-order valence-electron chi connectivity index (χ2n) is 10.1. The topological polar surface area (TPSA) is 110 Å². The lowest BCUT2D eigenvalue weighted by molar-refractivity contribution is 0.0494. The maximum absolute atomic E-state index is 15.5. The molecule has 1 radical (unpaired) electrons. The number of fused-ring (bicyclic) bond motifs is 1. The average molecular weight is 542 g/mol. The number of carboxylic acid groups (broad SMARTS) is 1. The van der Waals surface area contributed by atoms with E-state index < -0.39 is 60.9 Å². The van der Waals surface area contributed by atoms with Gasteiger partial charge in [0.1, 0.15) is 16.9 Å². The molecule has 1 aliphatic carbocycles. The minimum Gasteiger partial charge on any atom is -0.492 e. The number of anilines is 1. The van der Waals surface area contributed by atoms with Crippen molar-refractivity contribution in [1.82, 2.24) is 9.88 Å². The Balaban J connectivity index is 0.00000127.